The second-order valence-corrected chi connectivity index (χ2v) is 6.59. The van der Waals surface area contributed by atoms with Gasteiger partial charge in [-0.15, -0.1) is 5.10 Å². The molecule has 0 aliphatic rings. The normalized spacial score (nSPS) is 13.1. The lowest BCUT2D eigenvalue weighted by molar-refractivity contribution is 0.144. The fourth-order valence-corrected chi connectivity index (χ4v) is 2.91. The first-order valence-corrected chi connectivity index (χ1v) is 9.31. The first-order valence-electron chi connectivity index (χ1n) is 9.31. The summed E-state index contributed by atoms with van der Waals surface area (Å²) in [4.78, 5) is 16.8. The van der Waals surface area contributed by atoms with Gasteiger partial charge in [-0.25, -0.2) is 9.78 Å². The Labute approximate surface area is 168 Å². The number of pyridine rings is 1. The number of aromatic amines is 1. The summed E-state index contributed by atoms with van der Waals surface area (Å²) in [5.74, 6) is 0.618. The standard InChI is InChI=1S/C20H25N5O4/c1-12(14-7-5-4-6-8-14)21-20(27)23-16-11-15-17(18(22-16)13(2)26)19(25-24-15)29-10-9-28-3/h4-8,11-13,26H,9-10H2,1-3H3,(H,24,25)(H2,21,22,23,27)/t12?,13-/m1/s1. The lowest BCUT2D eigenvalue weighted by Gasteiger charge is -2.15. The Morgan fingerprint density at radius 3 is 2.69 bits per heavy atom. The van der Waals surface area contributed by atoms with Gasteiger partial charge in [-0.05, 0) is 19.4 Å². The molecule has 154 valence electrons. The van der Waals surface area contributed by atoms with Crippen molar-refractivity contribution in [3.63, 3.8) is 0 Å². The van der Waals surface area contributed by atoms with Crippen molar-refractivity contribution in [1.29, 1.82) is 0 Å². The van der Waals surface area contributed by atoms with Crippen LogP contribution >= 0.6 is 0 Å². The number of H-pyrrole nitrogens is 1. The number of rotatable bonds is 8. The minimum absolute atomic E-state index is 0.177. The number of aliphatic hydroxyl groups excluding tert-OH is 1. The minimum atomic E-state index is -0.882. The second-order valence-electron chi connectivity index (χ2n) is 6.59. The van der Waals surface area contributed by atoms with Crippen LogP contribution in [0.25, 0.3) is 10.9 Å². The van der Waals surface area contributed by atoms with Gasteiger partial charge in [-0.2, -0.15) is 0 Å². The van der Waals surface area contributed by atoms with Gasteiger partial charge >= 0.3 is 6.03 Å². The van der Waals surface area contributed by atoms with Gasteiger partial charge in [0.25, 0.3) is 0 Å². The van der Waals surface area contributed by atoms with Crippen LogP contribution in [-0.2, 0) is 4.74 Å². The maximum atomic E-state index is 12.4. The highest BCUT2D eigenvalue weighted by molar-refractivity contribution is 5.93. The highest BCUT2D eigenvalue weighted by Crippen LogP contribution is 2.31. The molecule has 2 aromatic heterocycles. The number of fused-ring (bicyclic) bond motifs is 1. The average Bonchev–Trinajstić information content (AvgIpc) is 3.11. The van der Waals surface area contributed by atoms with Crippen molar-refractivity contribution in [2.45, 2.75) is 26.0 Å². The molecule has 0 radical (unpaired) electrons. The Kier molecular flexibility index (Phi) is 6.63. The number of hydrogen-bond donors (Lipinski definition) is 4. The topological polar surface area (TPSA) is 121 Å². The molecule has 3 rings (SSSR count). The zero-order valence-electron chi connectivity index (χ0n) is 16.6. The minimum Gasteiger partial charge on any atom is -0.474 e. The second kappa shape index (κ2) is 9.35. The van der Waals surface area contributed by atoms with Gasteiger partial charge in [0, 0.05) is 13.2 Å². The number of amides is 2. The molecule has 1 unspecified atom stereocenters. The molecule has 0 saturated heterocycles. The summed E-state index contributed by atoms with van der Waals surface area (Å²) in [7, 11) is 1.58. The number of urea groups is 1. The Morgan fingerprint density at radius 1 is 1.24 bits per heavy atom. The van der Waals surface area contributed by atoms with Crippen molar-refractivity contribution in [1.82, 2.24) is 20.5 Å². The molecule has 0 fully saturated rings. The van der Waals surface area contributed by atoms with Gasteiger partial charge < -0.3 is 19.9 Å². The van der Waals surface area contributed by atoms with Crippen LogP contribution in [0.2, 0.25) is 0 Å². The van der Waals surface area contributed by atoms with E-state index in [4.69, 9.17) is 9.47 Å². The first kappa shape index (κ1) is 20.6. The number of nitrogens with one attached hydrogen (secondary N) is 3. The smallest absolute Gasteiger partial charge is 0.320 e. The van der Waals surface area contributed by atoms with E-state index < -0.39 is 12.1 Å². The number of benzene rings is 1. The molecular formula is C20H25N5O4. The van der Waals surface area contributed by atoms with E-state index in [2.05, 4.69) is 25.8 Å². The number of carbonyl (C=O) groups is 1. The lowest BCUT2D eigenvalue weighted by Crippen LogP contribution is -2.31. The van der Waals surface area contributed by atoms with Gasteiger partial charge in [0.05, 0.1) is 35.3 Å². The van der Waals surface area contributed by atoms with Crippen molar-refractivity contribution in [3.05, 3.63) is 47.7 Å². The fraction of sp³-hybridized carbons (Fsp3) is 0.350. The Morgan fingerprint density at radius 2 is 2.00 bits per heavy atom. The van der Waals surface area contributed by atoms with Gasteiger partial charge in [0.1, 0.15) is 12.4 Å². The zero-order valence-corrected chi connectivity index (χ0v) is 16.6. The quantitative estimate of drug-likeness (QED) is 0.432. The SMILES string of the molecule is COCCOc1n[nH]c2cc(NC(=O)NC(C)c3ccccc3)nc([C@@H](C)O)c12. The number of aromatic nitrogens is 3. The van der Waals surface area contributed by atoms with E-state index in [1.165, 1.54) is 0 Å². The van der Waals surface area contributed by atoms with Gasteiger partial charge in [-0.1, -0.05) is 30.3 Å². The van der Waals surface area contributed by atoms with E-state index in [0.717, 1.165) is 5.56 Å². The molecule has 0 aliphatic heterocycles. The Balaban J connectivity index is 1.78. The maximum absolute atomic E-state index is 12.4. The summed E-state index contributed by atoms with van der Waals surface area (Å²) in [6, 6.07) is 10.7. The van der Waals surface area contributed by atoms with Crippen LogP contribution < -0.4 is 15.4 Å². The molecule has 2 atom stereocenters. The summed E-state index contributed by atoms with van der Waals surface area (Å²) in [6.07, 6.45) is -0.882. The molecule has 2 amide bonds. The summed E-state index contributed by atoms with van der Waals surface area (Å²) >= 11 is 0. The third-order valence-corrected chi connectivity index (χ3v) is 4.35. The molecule has 3 aromatic rings. The molecule has 0 bridgehead atoms. The fourth-order valence-electron chi connectivity index (χ4n) is 2.91. The third kappa shape index (κ3) is 5.01. The summed E-state index contributed by atoms with van der Waals surface area (Å²) in [5.41, 5.74) is 1.94. The number of hydrogen-bond acceptors (Lipinski definition) is 6. The van der Waals surface area contributed by atoms with Crippen molar-refractivity contribution in [3.8, 4) is 5.88 Å². The average molecular weight is 399 g/mol. The van der Waals surface area contributed by atoms with E-state index >= 15 is 0 Å². The highest BCUT2D eigenvalue weighted by Gasteiger charge is 2.19. The number of nitrogens with zero attached hydrogens (tertiary/aromatic N) is 2. The van der Waals surface area contributed by atoms with Crippen LogP contribution in [0.1, 0.15) is 37.3 Å². The molecule has 4 N–H and O–H groups in total. The predicted octanol–water partition coefficient (Wildman–Crippen LogP) is 2.92. The van der Waals surface area contributed by atoms with Gasteiger partial charge in [-0.3, -0.25) is 10.4 Å². The van der Waals surface area contributed by atoms with Crippen LogP contribution in [0.5, 0.6) is 5.88 Å². The van der Waals surface area contributed by atoms with Crippen LogP contribution in [0.4, 0.5) is 10.6 Å². The molecule has 0 aliphatic carbocycles. The number of ether oxygens (including phenoxy) is 2. The highest BCUT2D eigenvalue weighted by atomic mass is 16.5. The first-order chi connectivity index (χ1) is 14.0. The van der Waals surface area contributed by atoms with E-state index in [-0.39, 0.29) is 6.04 Å². The van der Waals surface area contributed by atoms with E-state index in [1.54, 1.807) is 20.1 Å². The van der Waals surface area contributed by atoms with Crippen molar-refractivity contribution in [2.75, 3.05) is 25.6 Å². The van der Waals surface area contributed by atoms with E-state index in [9.17, 15) is 9.90 Å². The molecule has 0 spiro atoms. The lowest BCUT2D eigenvalue weighted by atomic mass is 10.1. The predicted molar refractivity (Wildman–Crippen MR) is 109 cm³/mol. The number of carbonyl (C=O) groups excluding carboxylic acids is 1. The van der Waals surface area contributed by atoms with E-state index in [1.807, 2.05) is 37.3 Å². The van der Waals surface area contributed by atoms with Crippen molar-refractivity contribution in [2.24, 2.45) is 0 Å². The molecule has 2 heterocycles. The maximum Gasteiger partial charge on any atom is 0.320 e. The molecule has 29 heavy (non-hydrogen) atoms. The van der Waals surface area contributed by atoms with Crippen molar-refractivity contribution >= 4 is 22.8 Å². The molecular weight excluding hydrogens is 374 g/mol. The summed E-state index contributed by atoms with van der Waals surface area (Å²) in [5, 5.41) is 23.3. The van der Waals surface area contributed by atoms with Crippen LogP contribution in [0.15, 0.2) is 36.4 Å². The largest absolute Gasteiger partial charge is 0.474 e. The molecule has 9 heteroatoms. The molecule has 0 saturated carbocycles. The van der Waals surface area contributed by atoms with Crippen LogP contribution in [0.3, 0.4) is 0 Å². The Bertz CT molecular complexity index is 958. The third-order valence-electron chi connectivity index (χ3n) is 4.35. The van der Waals surface area contributed by atoms with Crippen molar-refractivity contribution < 1.29 is 19.4 Å². The van der Waals surface area contributed by atoms with Gasteiger partial charge in [0.2, 0.25) is 5.88 Å². The summed E-state index contributed by atoms with van der Waals surface area (Å²) < 4.78 is 10.6. The van der Waals surface area contributed by atoms with Gasteiger partial charge in [0.15, 0.2) is 0 Å². The zero-order chi connectivity index (χ0) is 20.8. The summed E-state index contributed by atoms with van der Waals surface area (Å²) in [6.45, 7) is 4.21. The molecule has 1 aromatic carbocycles. The Hall–Kier alpha value is -3.17. The van der Waals surface area contributed by atoms with Crippen LogP contribution in [-0.4, -0.2) is 46.6 Å². The number of anilines is 1. The van der Waals surface area contributed by atoms with E-state index in [0.29, 0.717) is 41.5 Å². The van der Waals surface area contributed by atoms with Crippen LogP contribution in [0, 0.1) is 0 Å². The number of methoxy groups -OCH3 is 1. The molecule has 9 nitrogen and oxygen atoms in total. The number of aliphatic hydroxyl groups is 1. The monoisotopic (exact) mass is 399 g/mol.